The van der Waals surface area contributed by atoms with E-state index in [1.165, 1.54) is 0 Å². The normalized spacial score (nSPS) is 21.9. The van der Waals surface area contributed by atoms with Crippen LogP contribution in [0.15, 0.2) is 18.2 Å². The van der Waals surface area contributed by atoms with Gasteiger partial charge in [0.05, 0.1) is 10.9 Å². The first-order valence-corrected chi connectivity index (χ1v) is 8.35. The lowest BCUT2D eigenvalue weighted by molar-refractivity contribution is -0.182. The van der Waals surface area contributed by atoms with Gasteiger partial charge in [0.1, 0.15) is 5.69 Å². The average Bonchev–Trinajstić information content (AvgIpc) is 2.91. The maximum Gasteiger partial charge on any atom is 0.391 e. The van der Waals surface area contributed by atoms with Gasteiger partial charge in [-0.25, -0.2) is 0 Å². The Bertz CT molecular complexity index is 765. The first-order valence-electron chi connectivity index (χ1n) is 7.59. The molecule has 0 bridgehead atoms. The van der Waals surface area contributed by atoms with Crippen molar-refractivity contribution in [3.63, 3.8) is 0 Å². The molecule has 130 valence electrons. The number of aromatic nitrogens is 1. The molecule has 1 aromatic heterocycles. The van der Waals surface area contributed by atoms with Crippen LogP contribution in [0.1, 0.15) is 36.2 Å². The van der Waals surface area contributed by atoms with E-state index in [2.05, 4.69) is 10.3 Å². The minimum absolute atomic E-state index is 0.0442. The maximum atomic E-state index is 12.7. The van der Waals surface area contributed by atoms with Crippen molar-refractivity contribution in [2.45, 2.75) is 37.9 Å². The van der Waals surface area contributed by atoms with Gasteiger partial charge < -0.3 is 10.3 Å². The second-order valence-electron chi connectivity index (χ2n) is 6.10. The molecular formula is C16H15Cl2F3N2O. The Morgan fingerprint density at radius 2 is 1.79 bits per heavy atom. The van der Waals surface area contributed by atoms with E-state index in [4.69, 9.17) is 23.2 Å². The molecule has 0 unspecified atom stereocenters. The molecule has 1 heterocycles. The molecule has 3 nitrogen and oxygen atoms in total. The third-order valence-corrected chi connectivity index (χ3v) is 4.95. The highest BCUT2D eigenvalue weighted by molar-refractivity contribution is 6.38. The van der Waals surface area contributed by atoms with Gasteiger partial charge in [0.25, 0.3) is 5.91 Å². The summed E-state index contributed by atoms with van der Waals surface area (Å²) in [5.74, 6) is -1.62. The highest BCUT2D eigenvalue weighted by atomic mass is 35.5. The van der Waals surface area contributed by atoms with E-state index in [0.29, 0.717) is 39.5 Å². The molecule has 1 amide bonds. The fraction of sp³-hybridized carbons (Fsp3) is 0.438. The molecule has 0 spiro atoms. The molecule has 3 rings (SSSR count). The number of aromatic amines is 1. The van der Waals surface area contributed by atoms with Crippen LogP contribution in [0.5, 0.6) is 0 Å². The maximum absolute atomic E-state index is 12.7. The number of halogens is 5. The molecule has 0 saturated heterocycles. The quantitative estimate of drug-likeness (QED) is 0.728. The van der Waals surface area contributed by atoms with Crippen molar-refractivity contribution in [1.82, 2.24) is 10.3 Å². The summed E-state index contributed by atoms with van der Waals surface area (Å²) >= 11 is 12.0. The predicted molar refractivity (Wildman–Crippen MR) is 87.6 cm³/mol. The zero-order chi connectivity index (χ0) is 17.5. The van der Waals surface area contributed by atoms with E-state index in [1.54, 1.807) is 18.2 Å². The summed E-state index contributed by atoms with van der Waals surface area (Å²) in [5, 5.41) is 4.34. The number of H-pyrrole nitrogens is 1. The number of hydrogen-bond acceptors (Lipinski definition) is 1. The largest absolute Gasteiger partial charge is 0.391 e. The van der Waals surface area contributed by atoms with Gasteiger partial charge in [0, 0.05) is 22.0 Å². The van der Waals surface area contributed by atoms with Crippen molar-refractivity contribution < 1.29 is 18.0 Å². The lowest BCUT2D eigenvalue weighted by Crippen LogP contribution is -2.40. The fourth-order valence-electron chi connectivity index (χ4n) is 3.11. The SMILES string of the molecule is O=C(NC1CCC(C(F)(F)F)CC1)c1cc2c(Cl)cc(Cl)cc2[nH]1. The van der Waals surface area contributed by atoms with Crippen LogP contribution in [0.3, 0.4) is 0 Å². The summed E-state index contributed by atoms with van der Waals surface area (Å²) in [5.41, 5.74) is 0.950. The lowest BCUT2D eigenvalue weighted by Gasteiger charge is -2.30. The van der Waals surface area contributed by atoms with Crippen LogP contribution in [0.2, 0.25) is 10.0 Å². The molecule has 2 N–H and O–H groups in total. The average molecular weight is 379 g/mol. The minimum Gasteiger partial charge on any atom is -0.350 e. The second-order valence-corrected chi connectivity index (χ2v) is 6.94. The number of rotatable bonds is 2. The van der Waals surface area contributed by atoms with Crippen molar-refractivity contribution in [3.05, 3.63) is 33.9 Å². The van der Waals surface area contributed by atoms with Gasteiger partial charge in [-0.3, -0.25) is 4.79 Å². The topological polar surface area (TPSA) is 44.9 Å². The molecule has 1 saturated carbocycles. The Balaban J connectivity index is 1.67. The van der Waals surface area contributed by atoms with E-state index in [0.717, 1.165) is 0 Å². The van der Waals surface area contributed by atoms with Crippen LogP contribution >= 0.6 is 23.2 Å². The molecular weight excluding hydrogens is 364 g/mol. The Hall–Kier alpha value is -1.40. The Labute approximate surface area is 146 Å². The number of carbonyl (C=O) groups is 1. The summed E-state index contributed by atoms with van der Waals surface area (Å²) in [6.45, 7) is 0. The third-order valence-electron chi connectivity index (χ3n) is 4.42. The summed E-state index contributed by atoms with van der Waals surface area (Å²) in [7, 11) is 0. The zero-order valence-corrected chi connectivity index (χ0v) is 14.0. The van der Waals surface area contributed by atoms with Crippen molar-refractivity contribution >= 4 is 40.0 Å². The Morgan fingerprint density at radius 3 is 2.42 bits per heavy atom. The summed E-state index contributed by atoms with van der Waals surface area (Å²) in [4.78, 5) is 15.3. The van der Waals surface area contributed by atoms with E-state index >= 15 is 0 Å². The highest BCUT2D eigenvalue weighted by Gasteiger charge is 2.41. The summed E-state index contributed by atoms with van der Waals surface area (Å²) < 4.78 is 38.0. The van der Waals surface area contributed by atoms with Crippen molar-refractivity contribution in [3.8, 4) is 0 Å². The van der Waals surface area contributed by atoms with Gasteiger partial charge in [0.2, 0.25) is 0 Å². The van der Waals surface area contributed by atoms with E-state index in [1.807, 2.05) is 0 Å². The van der Waals surface area contributed by atoms with Crippen LogP contribution in [-0.2, 0) is 0 Å². The molecule has 1 aliphatic carbocycles. The molecule has 0 atom stereocenters. The number of nitrogens with one attached hydrogen (secondary N) is 2. The van der Waals surface area contributed by atoms with Gasteiger partial charge in [-0.1, -0.05) is 23.2 Å². The van der Waals surface area contributed by atoms with Gasteiger partial charge >= 0.3 is 6.18 Å². The standard InChI is InChI=1S/C16H15Cl2F3N2O/c17-9-5-12(18)11-7-14(23-13(11)6-9)15(24)22-10-3-1-8(2-4-10)16(19,20)21/h5-8,10,23H,1-4H2,(H,22,24). The van der Waals surface area contributed by atoms with Crippen LogP contribution in [0.4, 0.5) is 13.2 Å². The number of amides is 1. The van der Waals surface area contributed by atoms with E-state index in [9.17, 15) is 18.0 Å². The monoisotopic (exact) mass is 378 g/mol. The fourth-order valence-corrected chi connectivity index (χ4v) is 3.66. The van der Waals surface area contributed by atoms with Gasteiger partial charge in [-0.05, 0) is 43.9 Å². The predicted octanol–water partition coefficient (Wildman–Crippen LogP) is 5.33. The smallest absolute Gasteiger partial charge is 0.350 e. The highest BCUT2D eigenvalue weighted by Crippen LogP contribution is 2.37. The zero-order valence-electron chi connectivity index (χ0n) is 12.5. The van der Waals surface area contributed by atoms with Crippen LogP contribution in [0.25, 0.3) is 10.9 Å². The number of alkyl halides is 3. The van der Waals surface area contributed by atoms with Crippen molar-refractivity contribution in [1.29, 1.82) is 0 Å². The van der Waals surface area contributed by atoms with Gasteiger partial charge in [-0.15, -0.1) is 0 Å². The minimum atomic E-state index is -4.15. The number of hydrogen-bond donors (Lipinski definition) is 2. The molecule has 24 heavy (non-hydrogen) atoms. The van der Waals surface area contributed by atoms with E-state index in [-0.39, 0.29) is 24.8 Å². The molecule has 1 fully saturated rings. The molecule has 0 aliphatic heterocycles. The third kappa shape index (κ3) is 3.64. The van der Waals surface area contributed by atoms with Crippen LogP contribution in [0, 0.1) is 5.92 Å². The molecule has 8 heteroatoms. The first-order chi connectivity index (χ1) is 11.2. The van der Waals surface area contributed by atoms with Crippen molar-refractivity contribution in [2.24, 2.45) is 5.92 Å². The Morgan fingerprint density at radius 1 is 1.12 bits per heavy atom. The van der Waals surface area contributed by atoms with Crippen LogP contribution < -0.4 is 5.32 Å². The number of carbonyl (C=O) groups excluding carboxylic acids is 1. The summed E-state index contributed by atoms with van der Waals surface area (Å²) in [6, 6.07) is 4.61. The molecule has 1 aliphatic rings. The molecule has 0 radical (unpaired) electrons. The van der Waals surface area contributed by atoms with Crippen molar-refractivity contribution in [2.75, 3.05) is 0 Å². The Kier molecular flexibility index (Phi) is 4.71. The van der Waals surface area contributed by atoms with Crippen LogP contribution in [-0.4, -0.2) is 23.1 Å². The lowest BCUT2D eigenvalue weighted by atomic mass is 9.85. The van der Waals surface area contributed by atoms with Gasteiger partial charge in [-0.2, -0.15) is 13.2 Å². The molecule has 2 aromatic rings. The summed E-state index contributed by atoms with van der Waals surface area (Å²) in [6.07, 6.45) is -3.42. The number of benzene rings is 1. The van der Waals surface area contributed by atoms with E-state index < -0.39 is 12.1 Å². The molecule has 1 aromatic carbocycles. The number of fused-ring (bicyclic) bond motifs is 1. The van der Waals surface area contributed by atoms with Gasteiger partial charge in [0.15, 0.2) is 0 Å². The second kappa shape index (κ2) is 6.48. The first kappa shape index (κ1) is 17.4.